The molecule has 0 aliphatic carbocycles. The summed E-state index contributed by atoms with van der Waals surface area (Å²) in [6.07, 6.45) is 1.40. The number of halogens is 1. The Bertz CT molecular complexity index is 716. The molecular weight excluding hydrogens is 380 g/mol. The standard InChI is InChI=1S/C21H25ClN2O2S/c22-18-5-9-20(10-6-18)27-15-1-2-21(25)23-16-17-3-7-19(8-4-17)24-11-13-26-14-12-24/h3-10H,1-2,11-16H2,(H,23,25). The molecule has 0 atom stereocenters. The van der Waals surface area contributed by atoms with Crippen LogP contribution in [0.5, 0.6) is 0 Å². The Labute approximate surface area is 170 Å². The number of ether oxygens (including phenoxy) is 1. The number of nitrogens with zero attached hydrogens (tertiary/aromatic N) is 1. The lowest BCUT2D eigenvalue weighted by Gasteiger charge is -2.28. The van der Waals surface area contributed by atoms with Crippen LogP contribution in [0.3, 0.4) is 0 Å². The molecule has 0 spiro atoms. The van der Waals surface area contributed by atoms with Gasteiger partial charge in [-0.2, -0.15) is 0 Å². The van der Waals surface area contributed by atoms with E-state index in [-0.39, 0.29) is 5.91 Å². The van der Waals surface area contributed by atoms with Crippen molar-refractivity contribution >= 4 is 35.0 Å². The minimum Gasteiger partial charge on any atom is -0.378 e. The van der Waals surface area contributed by atoms with E-state index in [0.717, 1.165) is 49.1 Å². The number of amides is 1. The molecule has 0 unspecified atom stereocenters. The van der Waals surface area contributed by atoms with Crippen molar-refractivity contribution in [3.8, 4) is 0 Å². The number of thioether (sulfide) groups is 1. The van der Waals surface area contributed by atoms with Crippen LogP contribution in [0.25, 0.3) is 0 Å². The summed E-state index contributed by atoms with van der Waals surface area (Å²) >= 11 is 7.63. The fraction of sp³-hybridized carbons (Fsp3) is 0.381. The predicted molar refractivity (Wildman–Crippen MR) is 113 cm³/mol. The molecular formula is C21H25ClN2O2S. The van der Waals surface area contributed by atoms with Crippen molar-refractivity contribution in [2.24, 2.45) is 0 Å². The average molecular weight is 405 g/mol. The first kappa shape index (κ1) is 20.1. The summed E-state index contributed by atoms with van der Waals surface area (Å²) in [7, 11) is 0. The summed E-state index contributed by atoms with van der Waals surface area (Å²) in [5.74, 6) is 1.02. The SMILES string of the molecule is O=C(CCCSc1ccc(Cl)cc1)NCc1ccc(N2CCOCC2)cc1. The van der Waals surface area contributed by atoms with Gasteiger partial charge in [0.05, 0.1) is 13.2 Å². The average Bonchev–Trinajstić information content (AvgIpc) is 2.72. The number of nitrogens with one attached hydrogen (secondary N) is 1. The van der Waals surface area contributed by atoms with Crippen LogP contribution in [0.15, 0.2) is 53.4 Å². The molecule has 1 heterocycles. The second-order valence-electron chi connectivity index (χ2n) is 6.45. The summed E-state index contributed by atoms with van der Waals surface area (Å²) in [6, 6.07) is 16.2. The van der Waals surface area contributed by atoms with E-state index in [1.807, 2.05) is 24.3 Å². The second kappa shape index (κ2) is 10.6. The van der Waals surface area contributed by atoms with E-state index >= 15 is 0 Å². The van der Waals surface area contributed by atoms with Gasteiger partial charge >= 0.3 is 0 Å². The van der Waals surface area contributed by atoms with Crippen LogP contribution in [0.2, 0.25) is 5.02 Å². The van der Waals surface area contributed by atoms with Crippen molar-refractivity contribution in [1.29, 1.82) is 0 Å². The Morgan fingerprint density at radius 2 is 1.78 bits per heavy atom. The van der Waals surface area contributed by atoms with Gasteiger partial charge in [0.15, 0.2) is 0 Å². The Balaban J connectivity index is 1.33. The van der Waals surface area contributed by atoms with Crippen LogP contribution < -0.4 is 10.2 Å². The minimum atomic E-state index is 0.101. The lowest BCUT2D eigenvalue weighted by Crippen LogP contribution is -2.36. The van der Waals surface area contributed by atoms with E-state index < -0.39 is 0 Å². The van der Waals surface area contributed by atoms with E-state index in [4.69, 9.17) is 16.3 Å². The zero-order valence-electron chi connectivity index (χ0n) is 15.3. The van der Waals surface area contributed by atoms with Gasteiger partial charge in [0.1, 0.15) is 0 Å². The third-order valence-electron chi connectivity index (χ3n) is 4.43. The first-order valence-electron chi connectivity index (χ1n) is 9.27. The smallest absolute Gasteiger partial charge is 0.220 e. The third kappa shape index (κ3) is 6.76. The molecule has 27 heavy (non-hydrogen) atoms. The van der Waals surface area contributed by atoms with E-state index in [1.54, 1.807) is 11.8 Å². The number of rotatable bonds is 8. The lowest BCUT2D eigenvalue weighted by atomic mass is 10.2. The number of carbonyl (C=O) groups is 1. The maximum absolute atomic E-state index is 12.0. The van der Waals surface area contributed by atoms with Gasteiger partial charge < -0.3 is 15.0 Å². The molecule has 0 aromatic heterocycles. The quantitative estimate of drug-likeness (QED) is 0.524. The zero-order chi connectivity index (χ0) is 18.9. The molecule has 2 aromatic rings. The highest BCUT2D eigenvalue weighted by Gasteiger charge is 2.10. The van der Waals surface area contributed by atoms with Crippen LogP contribution >= 0.6 is 23.4 Å². The Morgan fingerprint density at radius 3 is 2.48 bits per heavy atom. The number of carbonyl (C=O) groups excluding carboxylic acids is 1. The normalized spacial score (nSPS) is 14.2. The summed E-state index contributed by atoms with van der Waals surface area (Å²) in [5, 5.41) is 3.75. The molecule has 6 heteroatoms. The molecule has 1 saturated heterocycles. The minimum absolute atomic E-state index is 0.101. The van der Waals surface area contributed by atoms with Crippen LogP contribution in [0.1, 0.15) is 18.4 Å². The molecule has 4 nitrogen and oxygen atoms in total. The predicted octanol–water partition coefficient (Wildman–Crippen LogP) is 4.37. The fourth-order valence-corrected chi connectivity index (χ4v) is 3.87. The molecule has 1 amide bonds. The Hall–Kier alpha value is -1.69. The van der Waals surface area contributed by atoms with Gasteiger partial charge in [-0.15, -0.1) is 11.8 Å². The topological polar surface area (TPSA) is 41.6 Å². The highest BCUT2D eigenvalue weighted by Crippen LogP contribution is 2.21. The van der Waals surface area contributed by atoms with Crippen molar-refractivity contribution in [3.63, 3.8) is 0 Å². The zero-order valence-corrected chi connectivity index (χ0v) is 16.9. The van der Waals surface area contributed by atoms with Crippen molar-refractivity contribution in [1.82, 2.24) is 5.32 Å². The van der Waals surface area contributed by atoms with Crippen molar-refractivity contribution < 1.29 is 9.53 Å². The molecule has 1 N–H and O–H groups in total. The van der Waals surface area contributed by atoms with E-state index in [9.17, 15) is 4.79 Å². The number of hydrogen-bond donors (Lipinski definition) is 1. The van der Waals surface area contributed by atoms with Crippen molar-refractivity contribution in [3.05, 3.63) is 59.1 Å². The highest BCUT2D eigenvalue weighted by atomic mass is 35.5. The number of anilines is 1. The summed E-state index contributed by atoms with van der Waals surface area (Å²) < 4.78 is 5.38. The number of benzene rings is 2. The number of hydrogen-bond acceptors (Lipinski definition) is 4. The molecule has 1 aliphatic rings. The van der Waals surface area contributed by atoms with Gasteiger partial charge in [0.25, 0.3) is 0 Å². The number of morpholine rings is 1. The van der Waals surface area contributed by atoms with Gasteiger partial charge in [-0.3, -0.25) is 4.79 Å². The summed E-state index contributed by atoms with van der Waals surface area (Å²) in [4.78, 5) is 15.5. The molecule has 0 saturated carbocycles. The fourth-order valence-electron chi connectivity index (χ4n) is 2.89. The maximum atomic E-state index is 12.0. The lowest BCUT2D eigenvalue weighted by molar-refractivity contribution is -0.121. The van der Waals surface area contributed by atoms with Gasteiger partial charge in [-0.25, -0.2) is 0 Å². The molecule has 0 radical (unpaired) electrons. The van der Waals surface area contributed by atoms with Crippen LogP contribution in [0.4, 0.5) is 5.69 Å². The van der Waals surface area contributed by atoms with E-state index in [1.165, 1.54) is 10.6 Å². The molecule has 3 rings (SSSR count). The van der Waals surface area contributed by atoms with Gasteiger partial charge in [-0.05, 0) is 54.1 Å². The third-order valence-corrected chi connectivity index (χ3v) is 5.78. The van der Waals surface area contributed by atoms with Gasteiger partial charge in [-0.1, -0.05) is 23.7 Å². The molecule has 0 bridgehead atoms. The van der Waals surface area contributed by atoms with Crippen LogP contribution in [0, 0.1) is 0 Å². The molecule has 2 aromatic carbocycles. The Kier molecular flexibility index (Phi) is 7.87. The molecule has 1 fully saturated rings. The van der Waals surface area contributed by atoms with Gasteiger partial charge in [0.2, 0.25) is 5.91 Å². The monoisotopic (exact) mass is 404 g/mol. The van der Waals surface area contributed by atoms with Crippen LogP contribution in [-0.2, 0) is 16.1 Å². The van der Waals surface area contributed by atoms with E-state index in [2.05, 4.69) is 34.5 Å². The van der Waals surface area contributed by atoms with E-state index in [0.29, 0.717) is 13.0 Å². The molecule has 1 aliphatic heterocycles. The first-order chi connectivity index (χ1) is 13.2. The van der Waals surface area contributed by atoms with Gasteiger partial charge in [0, 0.05) is 41.7 Å². The highest BCUT2D eigenvalue weighted by molar-refractivity contribution is 7.99. The first-order valence-corrected chi connectivity index (χ1v) is 10.6. The molecule has 144 valence electrons. The van der Waals surface area contributed by atoms with Crippen molar-refractivity contribution in [2.45, 2.75) is 24.3 Å². The summed E-state index contributed by atoms with van der Waals surface area (Å²) in [6.45, 7) is 4.02. The second-order valence-corrected chi connectivity index (χ2v) is 8.05. The largest absolute Gasteiger partial charge is 0.378 e. The Morgan fingerprint density at radius 1 is 1.07 bits per heavy atom. The van der Waals surface area contributed by atoms with Crippen LogP contribution in [-0.4, -0.2) is 38.0 Å². The van der Waals surface area contributed by atoms with Crippen molar-refractivity contribution in [2.75, 3.05) is 37.0 Å². The maximum Gasteiger partial charge on any atom is 0.220 e. The summed E-state index contributed by atoms with van der Waals surface area (Å²) in [5.41, 5.74) is 2.34.